The van der Waals surface area contributed by atoms with Gasteiger partial charge in [0, 0.05) is 18.7 Å². The van der Waals surface area contributed by atoms with Crippen molar-refractivity contribution >= 4 is 22.7 Å². The van der Waals surface area contributed by atoms with E-state index >= 15 is 0 Å². The fourth-order valence-corrected chi connectivity index (χ4v) is 3.86. The summed E-state index contributed by atoms with van der Waals surface area (Å²) >= 11 is 0. The van der Waals surface area contributed by atoms with Gasteiger partial charge in [-0.3, -0.25) is 9.36 Å². The van der Waals surface area contributed by atoms with E-state index in [2.05, 4.69) is 29.6 Å². The second-order valence-corrected chi connectivity index (χ2v) is 6.99. The van der Waals surface area contributed by atoms with Crippen LogP contribution >= 0.6 is 0 Å². The van der Waals surface area contributed by atoms with Crippen molar-refractivity contribution in [2.75, 3.05) is 5.32 Å². The number of hydrogen-bond acceptors (Lipinski definition) is 3. The van der Waals surface area contributed by atoms with Crippen molar-refractivity contribution in [2.24, 2.45) is 0 Å². The number of anilines is 1. The maximum atomic E-state index is 12.4. The van der Waals surface area contributed by atoms with E-state index in [9.17, 15) is 9.59 Å². The van der Waals surface area contributed by atoms with Crippen molar-refractivity contribution in [2.45, 2.75) is 19.4 Å². The average Bonchev–Trinajstić information content (AvgIpc) is 3.23. The standard InChI is InChI=1S/C23H18N2O3/c26-22(11-12-25-20-7-3-4-8-21(20)28-23(25)27)24-17-10-9-16-13-15-5-1-2-6-18(15)19(16)14-17/h1-10,14H,11-13H2,(H,24,26). The van der Waals surface area contributed by atoms with Gasteiger partial charge in [-0.25, -0.2) is 4.79 Å². The third-order valence-corrected chi connectivity index (χ3v) is 5.22. The number of para-hydroxylation sites is 2. The first kappa shape index (κ1) is 16.6. The molecule has 3 aromatic carbocycles. The minimum atomic E-state index is -0.442. The number of nitrogens with zero attached hydrogens (tertiary/aromatic N) is 1. The highest BCUT2D eigenvalue weighted by Crippen LogP contribution is 2.37. The van der Waals surface area contributed by atoms with Crippen molar-refractivity contribution in [1.82, 2.24) is 4.57 Å². The van der Waals surface area contributed by atoms with E-state index in [1.165, 1.54) is 26.8 Å². The van der Waals surface area contributed by atoms with Crippen LogP contribution < -0.4 is 11.1 Å². The number of fused-ring (bicyclic) bond motifs is 4. The topological polar surface area (TPSA) is 64.2 Å². The van der Waals surface area contributed by atoms with Crippen LogP contribution in [-0.4, -0.2) is 10.5 Å². The SMILES string of the molecule is O=C(CCn1c(=O)oc2ccccc21)Nc1ccc2c(c1)-c1ccccc1C2. The lowest BCUT2D eigenvalue weighted by atomic mass is 10.1. The van der Waals surface area contributed by atoms with Crippen molar-refractivity contribution in [3.05, 3.63) is 88.4 Å². The molecule has 0 fully saturated rings. The first-order valence-corrected chi connectivity index (χ1v) is 9.28. The molecule has 1 aromatic heterocycles. The molecule has 0 saturated carbocycles. The Morgan fingerprint density at radius 2 is 1.75 bits per heavy atom. The summed E-state index contributed by atoms with van der Waals surface area (Å²) in [6, 6.07) is 21.6. The van der Waals surface area contributed by atoms with Crippen LogP contribution in [0.4, 0.5) is 5.69 Å². The monoisotopic (exact) mass is 370 g/mol. The summed E-state index contributed by atoms with van der Waals surface area (Å²) in [6.45, 7) is 0.273. The zero-order chi connectivity index (χ0) is 19.1. The molecule has 0 spiro atoms. The molecule has 0 unspecified atom stereocenters. The quantitative estimate of drug-likeness (QED) is 0.516. The third kappa shape index (κ3) is 2.81. The summed E-state index contributed by atoms with van der Waals surface area (Å²) in [5.41, 5.74) is 6.99. The zero-order valence-electron chi connectivity index (χ0n) is 15.1. The Morgan fingerprint density at radius 1 is 0.964 bits per heavy atom. The number of oxazole rings is 1. The second-order valence-electron chi connectivity index (χ2n) is 6.99. The Morgan fingerprint density at radius 3 is 2.68 bits per heavy atom. The molecule has 138 valence electrons. The predicted octanol–water partition coefficient (Wildman–Crippen LogP) is 4.19. The van der Waals surface area contributed by atoms with Crippen LogP contribution in [0, 0.1) is 0 Å². The smallest absolute Gasteiger partial charge is 0.408 e. The number of carbonyl (C=O) groups is 1. The molecule has 5 heteroatoms. The van der Waals surface area contributed by atoms with Gasteiger partial charge in [0.2, 0.25) is 5.91 Å². The largest absolute Gasteiger partial charge is 0.419 e. The molecule has 1 aliphatic carbocycles. The van der Waals surface area contributed by atoms with Crippen LogP contribution in [0.3, 0.4) is 0 Å². The van der Waals surface area contributed by atoms with Gasteiger partial charge < -0.3 is 9.73 Å². The summed E-state index contributed by atoms with van der Waals surface area (Å²) in [5.74, 6) is -0.577. The number of amides is 1. The van der Waals surface area contributed by atoms with Gasteiger partial charge in [-0.05, 0) is 52.9 Å². The Bertz CT molecular complexity index is 1270. The fraction of sp³-hybridized carbons (Fsp3) is 0.130. The van der Waals surface area contributed by atoms with E-state index < -0.39 is 5.76 Å². The number of aryl methyl sites for hydroxylation is 1. The molecule has 0 saturated heterocycles. The van der Waals surface area contributed by atoms with Crippen LogP contribution in [0.25, 0.3) is 22.2 Å². The van der Waals surface area contributed by atoms with Crippen molar-refractivity contribution < 1.29 is 9.21 Å². The van der Waals surface area contributed by atoms with E-state index in [0.717, 1.165) is 12.1 Å². The molecular weight excluding hydrogens is 352 g/mol. The lowest BCUT2D eigenvalue weighted by Gasteiger charge is -2.08. The predicted molar refractivity (Wildman–Crippen MR) is 108 cm³/mol. The van der Waals surface area contributed by atoms with Gasteiger partial charge in [-0.15, -0.1) is 0 Å². The molecule has 5 rings (SSSR count). The number of aromatic nitrogens is 1. The molecule has 28 heavy (non-hydrogen) atoms. The minimum absolute atomic E-state index is 0.136. The highest BCUT2D eigenvalue weighted by molar-refractivity contribution is 5.92. The van der Waals surface area contributed by atoms with E-state index in [0.29, 0.717) is 11.1 Å². The second kappa shape index (κ2) is 6.53. The minimum Gasteiger partial charge on any atom is -0.408 e. The molecule has 1 aliphatic rings. The summed E-state index contributed by atoms with van der Waals surface area (Å²) < 4.78 is 6.70. The Hall–Kier alpha value is -3.60. The molecule has 5 nitrogen and oxygen atoms in total. The number of nitrogens with one attached hydrogen (secondary N) is 1. The van der Waals surface area contributed by atoms with Crippen molar-refractivity contribution in [3.8, 4) is 11.1 Å². The van der Waals surface area contributed by atoms with E-state index in [1.807, 2.05) is 36.4 Å². The molecule has 0 radical (unpaired) electrons. The number of hydrogen-bond donors (Lipinski definition) is 1. The normalized spacial score (nSPS) is 12.0. The Balaban J connectivity index is 1.32. The zero-order valence-corrected chi connectivity index (χ0v) is 15.1. The van der Waals surface area contributed by atoms with Gasteiger partial charge in [-0.2, -0.15) is 0 Å². The van der Waals surface area contributed by atoms with Gasteiger partial charge in [0.15, 0.2) is 5.58 Å². The van der Waals surface area contributed by atoms with E-state index in [1.54, 1.807) is 6.07 Å². The number of rotatable bonds is 4. The molecule has 0 bridgehead atoms. The number of carbonyl (C=O) groups excluding carboxylic acids is 1. The van der Waals surface area contributed by atoms with Crippen LogP contribution in [-0.2, 0) is 17.8 Å². The maximum absolute atomic E-state index is 12.4. The number of benzene rings is 3. The molecule has 0 aliphatic heterocycles. The van der Waals surface area contributed by atoms with Crippen LogP contribution in [0.1, 0.15) is 17.5 Å². The van der Waals surface area contributed by atoms with Gasteiger partial charge in [0.05, 0.1) is 5.52 Å². The van der Waals surface area contributed by atoms with Crippen molar-refractivity contribution in [1.29, 1.82) is 0 Å². The summed E-state index contributed by atoms with van der Waals surface area (Å²) in [5, 5.41) is 2.95. The maximum Gasteiger partial charge on any atom is 0.419 e. The van der Waals surface area contributed by atoms with Crippen LogP contribution in [0.2, 0.25) is 0 Å². The highest BCUT2D eigenvalue weighted by atomic mass is 16.4. The summed E-state index contributed by atoms with van der Waals surface area (Å²) in [6.07, 6.45) is 1.12. The van der Waals surface area contributed by atoms with Gasteiger partial charge in [-0.1, -0.05) is 42.5 Å². The first-order chi connectivity index (χ1) is 13.7. The van der Waals surface area contributed by atoms with Gasteiger partial charge >= 0.3 is 5.76 Å². The van der Waals surface area contributed by atoms with Gasteiger partial charge in [0.1, 0.15) is 0 Å². The van der Waals surface area contributed by atoms with Gasteiger partial charge in [0.25, 0.3) is 0 Å². The van der Waals surface area contributed by atoms with E-state index in [-0.39, 0.29) is 18.9 Å². The third-order valence-electron chi connectivity index (χ3n) is 5.22. The fourth-order valence-electron chi connectivity index (χ4n) is 3.86. The average molecular weight is 370 g/mol. The highest BCUT2D eigenvalue weighted by Gasteiger charge is 2.18. The summed E-state index contributed by atoms with van der Waals surface area (Å²) in [7, 11) is 0. The Kier molecular flexibility index (Phi) is 3.86. The Labute approximate surface area is 161 Å². The molecule has 4 aromatic rings. The van der Waals surface area contributed by atoms with Crippen LogP contribution in [0.15, 0.2) is 75.9 Å². The molecule has 1 heterocycles. The summed E-state index contributed by atoms with van der Waals surface area (Å²) in [4.78, 5) is 24.5. The lowest BCUT2D eigenvalue weighted by molar-refractivity contribution is -0.116. The van der Waals surface area contributed by atoms with Crippen LogP contribution in [0.5, 0.6) is 0 Å². The first-order valence-electron chi connectivity index (χ1n) is 9.28. The van der Waals surface area contributed by atoms with E-state index in [4.69, 9.17) is 4.42 Å². The van der Waals surface area contributed by atoms with Crippen molar-refractivity contribution in [3.63, 3.8) is 0 Å². The molecule has 1 amide bonds. The molecule has 1 N–H and O–H groups in total. The molecular formula is C23H18N2O3. The lowest BCUT2D eigenvalue weighted by Crippen LogP contribution is -2.19. The molecule has 0 atom stereocenters.